The molecule has 9 heteroatoms. The average molecular weight is 548 g/mol. The monoisotopic (exact) mass is 548 g/mol. The van der Waals surface area contributed by atoms with Crippen LogP contribution in [0.15, 0.2) is 40.7 Å². The van der Waals surface area contributed by atoms with Crippen LogP contribution < -0.4 is 10.6 Å². The zero-order valence-electron chi connectivity index (χ0n) is 17.3. The van der Waals surface area contributed by atoms with Gasteiger partial charge in [0, 0.05) is 31.1 Å². The molecule has 0 radical (unpaired) electrons. The van der Waals surface area contributed by atoms with E-state index in [-0.39, 0.29) is 41.9 Å². The molecule has 1 saturated heterocycles. The number of ether oxygens (including phenoxy) is 1. The molecule has 166 valence electrons. The van der Waals surface area contributed by atoms with E-state index in [1.807, 2.05) is 6.92 Å². The van der Waals surface area contributed by atoms with Crippen molar-refractivity contribution in [3.8, 4) is 5.75 Å². The van der Waals surface area contributed by atoms with Gasteiger partial charge in [-0.1, -0.05) is 12.1 Å². The lowest BCUT2D eigenvalue weighted by atomic mass is 10.1. The maximum absolute atomic E-state index is 13.6. The topological polar surface area (TPSA) is 69.1 Å². The summed E-state index contributed by atoms with van der Waals surface area (Å²) in [5, 5.41) is 18.1. The molecule has 1 aromatic carbocycles. The molecule has 1 fully saturated rings. The second-order valence-corrected chi connectivity index (χ2v) is 8.05. The van der Waals surface area contributed by atoms with E-state index in [9.17, 15) is 9.50 Å². The SMILES string of the molecule is CCNC(=NCc1ccc(O)c(F)c1)NCC(c1cccs1)N1CCOC(C)C1.I. The zero-order chi connectivity index (χ0) is 20.6. The summed E-state index contributed by atoms with van der Waals surface area (Å²) >= 11 is 1.76. The van der Waals surface area contributed by atoms with Crippen molar-refractivity contribution in [3.63, 3.8) is 0 Å². The Morgan fingerprint density at radius 2 is 2.23 bits per heavy atom. The largest absolute Gasteiger partial charge is 0.505 e. The quantitative estimate of drug-likeness (QED) is 0.280. The highest BCUT2D eigenvalue weighted by molar-refractivity contribution is 14.0. The fourth-order valence-electron chi connectivity index (χ4n) is 3.37. The molecule has 0 aliphatic carbocycles. The Morgan fingerprint density at radius 3 is 2.90 bits per heavy atom. The van der Waals surface area contributed by atoms with E-state index in [2.05, 4.69) is 45.0 Å². The van der Waals surface area contributed by atoms with Gasteiger partial charge in [0.05, 0.1) is 25.3 Å². The van der Waals surface area contributed by atoms with E-state index in [1.165, 1.54) is 17.0 Å². The Bertz CT molecular complexity index is 806. The predicted molar refractivity (Wildman–Crippen MR) is 130 cm³/mol. The molecule has 0 saturated carbocycles. The summed E-state index contributed by atoms with van der Waals surface area (Å²) in [6.45, 7) is 8.41. The van der Waals surface area contributed by atoms with Gasteiger partial charge in [0.1, 0.15) is 0 Å². The number of hydrogen-bond donors (Lipinski definition) is 3. The van der Waals surface area contributed by atoms with Gasteiger partial charge in [-0.3, -0.25) is 4.90 Å². The molecular formula is C21H30FIN4O2S. The van der Waals surface area contributed by atoms with Gasteiger partial charge in [0.2, 0.25) is 0 Å². The van der Waals surface area contributed by atoms with Crippen molar-refractivity contribution in [2.24, 2.45) is 4.99 Å². The highest BCUT2D eigenvalue weighted by Gasteiger charge is 2.26. The number of thiophene rings is 1. The lowest BCUT2D eigenvalue weighted by molar-refractivity contribution is -0.0334. The third kappa shape index (κ3) is 7.07. The summed E-state index contributed by atoms with van der Waals surface area (Å²) in [4.78, 5) is 8.33. The van der Waals surface area contributed by atoms with Gasteiger partial charge < -0.3 is 20.5 Å². The number of phenols is 1. The molecule has 0 spiro atoms. The summed E-state index contributed by atoms with van der Waals surface area (Å²) < 4.78 is 19.3. The fraction of sp³-hybridized carbons (Fsp3) is 0.476. The van der Waals surface area contributed by atoms with Gasteiger partial charge in [-0.15, -0.1) is 35.3 Å². The van der Waals surface area contributed by atoms with Crippen LogP contribution in [0.2, 0.25) is 0 Å². The molecule has 6 nitrogen and oxygen atoms in total. The average Bonchev–Trinajstić information content (AvgIpc) is 3.23. The zero-order valence-corrected chi connectivity index (χ0v) is 20.5. The molecule has 3 rings (SSSR count). The van der Waals surface area contributed by atoms with Gasteiger partial charge >= 0.3 is 0 Å². The van der Waals surface area contributed by atoms with Crippen molar-refractivity contribution in [2.45, 2.75) is 32.5 Å². The number of morpholine rings is 1. The van der Waals surface area contributed by atoms with E-state index in [0.717, 1.165) is 26.2 Å². The number of aliphatic imine (C=N–C) groups is 1. The van der Waals surface area contributed by atoms with Crippen LogP contribution in [0.25, 0.3) is 0 Å². The molecule has 3 N–H and O–H groups in total. The number of halogens is 2. The first-order valence-electron chi connectivity index (χ1n) is 9.95. The summed E-state index contributed by atoms with van der Waals surface area (Å²) in [6, 6.07) is 8.82. The Kier molecular flexibility index (Phi) is 10.3. The van der Waals surface area contributed by atoms with E-state index in [1.54, 1.807) is 17.4 Å². The van der Waals surface area contributed by atoms with E-state index >= 15 is 0 Å². The second-order valence-electron chi connectivity index (χ2n) is 7.07. The normalized spacial score (nSPS) is 18.5. The summed E-state index contributed by atoms with van der Waals surface area (Å²) in [5.74, 6) is -0.292. The molecule has 2 unspecified atom stereocenters. The lowest BCUT2D eigenvalue weighted by Crippen LogP contribution is -2.48. The summed E-state index contributed by atoms with van der Waals surface area (Å²) in [7, 11) is 0. The molecule has 1 aromatic heterocycles. The Hall–Kier alpha value is -1.43. The summed E-state index contributed by atoms with van der Waals surface area (Å²) in [6.07, 6.45) is 0.220. The molecule has 30 heavy (non-hydrogen) atoms. The van der Waals surface area contributed by atoms with Crippen LogP contribution in [0.5, 0.6) is 5.75 Å². The van der Waals surface area contributed by atoms with Crippen molar-refractivity contribution in [1.29, 1.82) is 0 Å². The van der Waals surface area contributed by atoms with Crippen molar-refractivity contribution in [3.05, 3.63) is 52.0 Å². The van der Waals surface area contributed by atoms with Crippen LogP contribution in [-0.4, -0.2) is 54.9 Å². The van der Waals surface area contributed by atoms with Crippen molar-refractivity contribution >= 4 is 41.3 Å². The molecular weight excluding hydrogens is 518 g/mol. The number of hydrogen-bond acceptors (Lipinski definition) is 5. The van der Waals surface area contributed by atoms with Gasteiger partial charge in [0.25, 0.3) is 0 Å². The molecule has 0 bridgehead atoms. The minimum Gasteiger partial charge on any atom is -0.505 e. The molecule has 0 amide bonds. The van der Waals surface area contributed by atoms with Crippen LogP contribution in [0.3, 0.4) is 0 Å². The van der Waals surface area contributed by atoms with E-state index < -0.39 is 5.82 Å². The lowest BCUT2D eigenvalue weighted by Gasteiger charge is -2.37. The van der Waals surface area contributed by atoms with Crippen LogP contribution in [0.1, 0.15) is 30.3 Å². The van der Waals surface area contributed by atoms with E-state index in [0.29, 0.717) is 24.6 Å². The van der Waals surface area contributed by atoms with Gasteiger partial charge in [-0.2, -0.15) is 0 Å². The number of nitrogens with one attached hydrogen (secondary N) is 2. The van der Waals surface area contributed by atoms with E-state index in [4.69, 9.17) is 4.74 Å². The Morgan fingerprint density at radius 1 is 1.40 bits per heavy atom. The van der Waals surface area contributed by atoms with Gasteiger partial charge in [-0.05, 0) is 43.0 Å². The van der Waals surface area contributed by atoms with Gasteiger partial charge in [0.15, 0.2) is 17.5 Å². The smallest absolute Gasteiger partial charge is 0.191 e. The molecule has 2 heterocycles. The molecule has 1 aliphatic rings. The fourth-order valence-corrected chi connectivity index (χ4v) is 4.23. The number of benzene rings is 1. The van der Waals surface area contributed by atoms with Crippen molar-refractivity contribution in [1.82, 2.24) is 15.5 Å². The number of rotatable bonds is 7. The number of guanidine groups is 1. The highest BCUT2D eigenvalue weighted by Crippen LogP contribution is 2.26. The predicted octanol–water partition coefficient (Wildman–Crippen LogP) is 3.73. The minimum absolute atomic E-state index is 0. The molecule has 2 aromatic rings. The highest BCUT2D eigenvalue weighted by atomic mass is 127. The van der Waals surface area contributed by atoms with Crippen LogP contribution in [0.4, 0.5) is 4.39 Å². The number of nitrogens with zero attached hydrogens (tertiary/aromatic N) is 2. The van der Waals surface area contributed by atoms with Crippen LogP contribution >= 0.6 is 35.3 Å². The first-order chi connectivity index (χ1) is 14.1. The summed E-state index contributed by atoms with van der Waals surface area (Å²) in [5.41, 5.74) is 0.703. The first-order valence-corrected chi connectivity index (χ1v) is 10.8. The Labute approximate surface area is 198 Å². The molecule has 2 atom stereocenters. The number of phenolic OH excluding ortho intramolecular Hbond substituents is 1. The van der Waals surface area contributed by atoms with Crippen LogP contribution in [-0.2, 0) is 11.3 Å². The third-order valence-corrected chi connectivity index (χ3v) is 5.80. The first kappa shape index (κ1) is 24.8. The maximum Gasteiger partial charge on any atom is 0.191 e. The number of aromatic hydroxyl groups is 1. The van der Waals surface area contributed by atoms with Crippen LogP contribution in [0, 0.1) is 5.82 Å². The minimum atomic E-state index is -0.630. The van der Waals surface area contributed by atoms with Gasteiger partial charge in [-0.25, -0.2) is 9.38 Å². The second kappa shape index (κ2) is 12.4. The third-order valence-electron chi connectivity index (χ3n) is 4.82. The molecule has 1 aliphatic heterocycles. The maximum atomic E-state index is 13.6. The van der Waals surface area contributed by atoms with Crippen molar-refractivity contribution in [2.75, 3.05) is 32.8 Å². The van der Waals surface area contributed by atoms with Crippen molar-refractivity contribution < 1.29 is 14.2 Å². The standard InChI is InChI=1S/C21H29FN4O2S.HI/c1-3-23-21(24-12-16-6-7-19(27)17(22)11-16)25-13-18(20-5-4-10-29-20)26-8-9-28-15(2)14-26;/h4-7,10-11,15,18,27H,3,8-9,12-14H2,1-2H3,(H2,23,24,25);1H. The Balaban J connectivity index is 0.00000320.